The molecule has 150 valence electrons. The largest absolute Gasteiger partial charge is 0.368 e. The molecule has 4 rings (SSSR count). The normalized spacial score (nSPS) is 14.9. The Kier molecular flexibility index (Phi) is 5.41. The van der Waals surface area contributed by atoms with Crippen LogP contribution in [-0.4, -0.2) is 59.0 Å². The van der Waals surface area contributed by atoms with E-state index in [4.69, 9.17) is 12.2 Å². The number of hydrogen-bond donors (Lipinski definition) is 3. The molecule has 0 atom stereocenters. The van der Waals surface area contributed by atoms with Gasteiger partial charge in [-0.25, -0.2) is 9.78 Å². The molecule has 0 unspecified atom stereocenters. The van der Waals surface area contributed by atoms with Crippen LogP contribution >= 0.6 is 12.2 Å². The van der Waals surface area contributed by atoms with Crippen molar-refractivity contribution in [2.24, 2.45) is 0 Å². The molecular weight excluding hydrogens is 388 g/mol. The van der Waals surface area contributed by atoms with E-state index >= 15 is 0 Å². The third kappa shape index (κ3) is 4.20. The molecule has 0 bridgehead atoms. The molecule has 1 fully saturated rings. The van der Waals surface area contributed by atoms with Gasteiger partial charge in [0.2, 0.25) is 0 Å². The zero-order valence-corrected chi connectivity index (χ0v) is 16.9. The lowest BCUT2D eigenvalue weighted by Crippen LogP contribution is -2.46. The Hall–Kier alpha value is -3.04. The smallest absolute Gasteiger partial charge is 0.324 e. The van der Waals surface area contributed by atoms with E-state index in [1.807, 2.05) is 18.2 Å². The number of benzene rings is 1. The quantitative estimate of drug-likeness (QED) is 0.566. The van der Waals surface area contributed by atoms with Gasteiger partial charge in [0, 0.05) is 45.2 Å². The SMILES string of the molecule is CNC(=O)c1ccc(N2CCN(Cc3ccc4c(=S)[nH]c(=O)[nH]c4c3)CC2)cn1. The lowest BCUT2D eigenvalue weighted by Gasteiger charge is -2.36. The number of aromatic nitrogens is 3. The Balaban J connectivity index is 1.40. The van der Waals surface area contributed by atoms with Crippen molar-refractivity contribution >= 4 is 34.7 Å². The van der Waals surface area contributed by atoms with E-state index < -0.39 is 0 Å². The average molecular weight is 411 g/mol. The highest BCUT2D eigenvalue weighted by atomic mass is 32.1. The maximum atomic E-state index is 11.6. The van der Waals surface area contributed by atoms with E-state index in [0.29, 0.717) is 10.3 Å². The number of piperazine rings is 1. The third-order valence-electron chi connectivity index (χ3n) is 5.16. The Morgan fingerprint density at radius 2 is 1.97 bits per heavy atom. The molecule has 1 aliphatic rings. The molecule has 29 heavy (non-hydrogen) atoms. The fourth-order valence-electron chi connectivity index (χ4n) is 3.57. The van der Waals surface area contributed by atoms with Crippen molar-refractivity contribution in [3.63, 3.8) is 0 Å². The molecule has 9 heteroatoms. The number of H-pyrrole nitrogens is 2. The average Bonchev–Trinajstić information content (AvgIpc) is 2.73. The summed E-state index contributed by atoms with van der Waals surface area (Å²) in [7, 11) is 1.60. The van der Waals surface area contributed by atoms with Gasteiger partial charge in [-0.1, -0.05) is 18.3 Å². The number of nitrogens with zero attached hydrogens (tertiary/aromatic N) is 3. The van der Waals surface area contributed by atoms with Crippen LogP contribution in [0.3, 0.4) is 0 Å². The van der Waals surface area contributed by atoms with Crippen molar-refractivity contribution in [1.29, 1.82) is 0 Å². The molecule has 1 saturated heterocycles. The Morgan fingerprint density at radius 3 is 2.66 bits per heavy atom. The zero-order chi connectivity index (χ0) is 20.4. The summed E-state index contributed by atoms with van der Waals surface area (Å²) in [5, 5.41) is 3.43. The summed E-state index contributed by atoms with van der Waals surface area (Å²) in [4.78, 5) is 37.6. The second-order valence-corrected chi connectivity index (χ2v) is 7.44. The van der Waals surface area contributed by atoms with Gasteiger partial charge in [-0.15, -0.1) is 0 Å². The fourth-order valence-corrected chi connectivity index (χ4v) is 3.84. The number of fused-ring (bicyclic) bond motifs is 1. The van der Waals surface area contributed by atoms with Crippen molar-refractivity contribution in [2.45, 2.75) is 6.54 Å². The Labute approximate surface area is 172 Å². The molecule has 2 aromatic heterocycles. The molecule has 1 amide bonds. The van der Waals surface area contributed by atoms with Gasteiger partial charge in [0.05, 0.1) is 17.4 Å². The van der Waals surface area contributed by atoms with Crippen LogP contribution in [0.5, 0.6) is 0 Å². The maximum absolute atomic E-state index is 11.6. The van der Waals surface area contributed by atoms with Gasteiger partial charge in [-0.05, 0) is 29.8 Å². The summed E-state index contributed by atoms with van der Waals surface area (Å²) in [6, 6.07) is 9.69. The molecule has 3 heterocycles. The highest BCUT2D eigenvalue weighted by molar-refractivity contribution is 7.71. The minimum absolute atomic E-state index is 0.181. The first-order chi connectivity index (χ1) is 14.0. The van der Waals surface area contributed by atoms with Crippen LogP contribution in [0.25, 0.3) is 10.9 Å². The van der Waals surface area contributed by atoms with Crippen LogP contribution in [-0.2, 0) is 6.54 Å². The monoisotopic (exact) mass is 410 g/mol. The number of aromatic amines is 2. The highest BCUT2D eigenvalue weighted by Gasteiger charge is 2.18. The standard InChI is InChI=1S/C20H22N6O2S/c1-21-18(27)16-5-3-14(11-22-16)26-8-6-25(7-9-26)12-13-2-4-15-17(10-13)23-20(28)24-19(15)29/h2-5,10-11H,6-9,12H2,1H3,(H,21,27)(H2,23,24,28,29). The number of carbonyl (C=O) groups is 1. The molecule has 1 aliphatic heterocycles. The summed E-state index contributed by atoms with van der Waals surface area (Å²) in [5.74, 6) is -0.181. The number of pyridine rings is 1. The number of anilines is 1. The van der Waals surface area contributed by atoms with E-state index in [0.717, 1.165) is 54.9 Å². The molecule has 0 spiro atoms. The van der Waals surface area contributed by atoms with Crippen LogP contribution in [0.15, 0.2) is 41.3 Å². The van der Waals surface area contributed by atoms with Crippen molar-refractivity contribution in [2.75, 3.05) is 38.1 Å². The van der Waals surface area contributed by atoms with Crippen molar-refractivity contribution in [3.05, 3.63) is 62.9 Å². The van der Waals surface area contributed by atoms with Crippen LogP contribution in [0.4, 0.5) is 5.69 Å². The topological polar surface area (TPSA) is 97.1 Å². The van der Waals surface area contributed by atoms with Gasteiger partial charge in [0.1, 0.15) is 10.3 Å². The first kappa shape index (κ1) is 19.3. The molecule has 3 N–H and O–H groups in total. The van der Waals surface area contributed by atoms with Crippen LogP contribution < -0.4 is 15.9 Å². The molecule has 0 aliphatic carbocycles. The molecule has 0 radical (unpaired) electrons. The zero-order valence-electron chi connectivity index (χ0n) is 16.1. The summed E-state index contributed by atoms with van der Waals surface area (Å²) >= 11 is 5.22. The van der Waals surface area contributed by atoms with E-state index in [1.165, 1.54) is 0 Å². The highest BCUT2D eigenvalue weighted by Crippen LogP contribution is 2.18. The van der Waals surface area contributed by atoms with Crippen LogP contribution in [0.1, 0.15) is 16.1 Å². The molecular formula is C20H22N6O2S. The molecule has 3 aromatic rings. The lowest BCUT2D eigenvalue weighted by atomic mass is 10.1. The number of hydrogen-bond acceptors (Lipinski definition) is 6. The minimum atomic E-state index is -0.288. The van der Waals surface area contributed by atoms with Crippen LogP contribution in [0, 0.1) is 4.64 Å². The number of nitrogens with one attached hydrogen (secondary N) is 3. The number of rotatable bonds is 4. The number of amides is 1. The third-order valence-corrected chi connectivity index (χ3v) is 5.48. The van der Waals surface area contributed by atoms with E-state index in [2.05, 4.69) is 36.1 Å². The van der Waals surface area contributed by atoms with Gasteiger partial charge in [-0.3, -0.25) is 14.7 Å². The Bertz CT molecular complexity index is 1150. The summed E-state index contributed by atoms with van der Waals surface area (Å²) in [6.07, 6.45) is 1.75. The van der Waals surface area contributed by atoms with Crippen molar-refractivity contribution in [1.82, 2.24) is 25.2 Å². The van der Waals surface area contributed by atoms with Crippen LogP contribution in [0.2, 0.25) is 0 Å². The molecule has 8 nitrogen and oxygen atoms in total. The second-order valence-electron chi connectivity index (χ2n) is 7.03. The first-order valence-electron chi connectivity index (χ1n) is 9.44. The first-order valence-corrected chi connectivity index (χ1v) is 9.85. The van der Waals surface area contributed by atoms with Gasteiger partial charge in [-0.2, -0.15) is 0 Å². The molecule has 0 saturated carbocycles. The lowest BCUT2D eigenvalue weighted by molar-refractivity contribution is 0.0958. The predicted molar refractivity (Wildman–Crippen MR) is 115 cm³/mol. The van der Waals surface area contributed by atoms with Gasteiger partial charge in [0.25, 0.3) is 5.91 Å². The van der Waals surface area contributed by atoms with Gasteiger partial charge in [0.15, 0.2) is 0 Å². The summed E-state index contributed by atoms with van der Waals surface area (Å²) in [6.45, 7) is 4.42. The Morgan fingerprint density at radius 1 is 1.17 bits per heavy atom. The number of carbonyl (C=O) groups excluding carboxylic acids is 1. The maximum Gasteiger partial charge on any atom is 0.324 e. The van der Waals surface area contributed by atoms with E-state index in [9.17, 15) is 9.59 Å². The van der Waals surface area contributed by atoms with Gasteiger partial charge >= 0.3 is 5.69 Å². The second kappa shape index (κ2) is 8.14. The van der Waals surface area contributed by atoms with Crippen molar-refractivity contribution in [3.8, 4) is 0 Å². The predicted octanol–water partition coefficient (Wildman–Crippen LogP) is 1.66. The summed E-state index contributed by atoms with van der Waals surface area (Å²) < 4.78 is 0.458. The van der Waals surface area contributed by atoms with E-state index in [-0.39, 0.29) is 11.6 Å². The van der Waals surface area contributed by atoms with E-state index in [1.54, 1.807) is 19.3 Å². The van der Waals surface area contributed by atoms with Crippen molar-refractivity contribution < 1.29 is 4.79 Å². The minimum Gasteiger partial charge on any atom is -0.368 e. The van der Waals surface area contributed by atoms with Gasteiger partial charge < -0.3 is 15.2 Å². The fraction of sp³-hybridized carbons (Fsp3) is 0.300. The molecule has 1 aromatic carbocycles. The summed E-state index contributed by atoms with van der Waals surface area (Å²) in [5.41, 5.74) is 3.05.